The molecule has 0 amide bonds. The Kier molecular flexibility index (Phi) is 5.14. The lowest BCUT2D eigenvalue weighted by Gasteiger charge is -1.97. The molecule has 0 saturated carbocycles. The van der Waals surface area contributed by atoms with Crippen molar-refractivity contribution in [3.05, 3.63) is 34.4 Å². The van der Waals surface area contributed by atoms with Crippen LogP contribution < -0.4 is 4.34 Å². The highest BCUT2D eigenvalue weighted by Gasteiger charge is 2.09. The molecule has 0 atom stereocenters. The van der Waals surface area contributed by atoms with Crippen molar-refractivity contribution < 1.29 is 4.92 Å². The van der Waals surface area contributed by atoms with Gasteiger partial charge in [-0.15, -0.1) is 0 Å². The summed E-state index contributed by atoms with van der Waals surface area (Å²) in [4.78, 5) is 9.88. The molecule has 1 N–H and O–H groups in total. The van der Waals surface area contributed by atoms with Crippen molar-refractivity contribution in [2.24, 2.45) is 0 Å². The van der Waals surface area contributed by atoms with Gasteiger partial charge in [-0.3, -0.25) is 10.1 Å². The Morgan fingerprint density at radius 3 is 2.31 bits per heavy atom. The van der Waals surface area contributed by atoms with Crippen molar-refractivity contribution in [2.75, 3.05) is 4.34 Å². The van der Waals surface area contributed by atoms with E-state index < -0.39 is 4.92 Å². The van der Waals surface area contributed by atoms with E-state index in [1.165, 1.54) is 6.07 Å². The molecule has 0 bridgehead atoms. The number of para-hydroxylation sites is 2. The summed E-state index contributed by atoms with van der Waals surface area (Å²) in [6.45, 7) is 0. The van der Waals surface area contributed by atoms with Gasteiger partial charge in [0.25, 0.3) is 5.69 Å². The van der Waals surface area contributed by atoms with Crippen LogP contribution in [0, 0.1) is 20.9 Å². The second kappa shape index (κ2) is 5.91. The fourth-order valence-electron chi connectivity index (χ4n) is 0.713. The second-order valence-electron chi connectivity index (χ2n) is 1.87. The molecule has 1 rings (SSSR count). The first-order chi connectivity index (χ1) is 6.25. The maximum Gasteiger partial charge on any atom is 0.293 e. The smallest absolute Gasteiger partial charge is 0.293 e. The van der Waals surface area contributed by atoms with Gasteiger partial charge in [-0.2, -0.15) is 0 Å². The van der Waals surface area contributed by atoms with Crippen LogP contribution >= 0.6 is 16.1 Å². The van der Waals surface area contributed by atoms with Crippen LogP contribution in [0.15, 0.2) is 24.3 Å². The van der Waals surface area contributed by atoms with E-state index in [0.29, 0.717) is 5.69 Å². The predicted molar refractivity (Wildman–Crippen MR) is 49.1 cm³/mol. The van der Waals surface area contributed by atoms with E-state index in [-0.39, 0.29) is 5.69 Å². The first kappa shape index (κ1) is 11.3. The molecule has 1 aromatic carbocycles. The Bertz CT molecular complexity index is 315. The van der Waals surface area contributed by atoms with E-state index in [1.807, 2.05) is 0 Å². The summed E-state index contributed by atoms with van der Waals surface area (Å²) in [5.74, 6) is 0. The minimum Gasteiger partial charge on any atom is -0.317 e. The van der Waals surface area contributed by atoms with E-state index >= 15 is 0 Å². The lowest BCUT2D eigenvalue weighted by atomic mass is 10.3. The largest absolute Gasteiger partial charge is 0.317 e. The number of hydrogen-bond acceptors (Lipinski definition) is 5. The number of nitrogens with one attached hydrogen (secondary N) is 1. The maximum absolute atomic E-state index is 10.3. The minimum absolute atomic E-state index is 0.0596. The molecule has 0 aliphatic carbocycles. The monoisotopic (exact) mass is 244 g/mol. The highest BCUT2D eigenvalue weighted by atomic mass is 79.9. The van der Waals surface area contributed by atoms with Crippen LogP contribution in [-0.2, 0) is 0 Å². The summed E-state index contributed by atoms with van der Waals surface area (Å²) in [5.41, 5.74) is 0.516. The summed E-state index contributed by atoms with van der Waals surface area (Å²) in [7, 11) is 0. The third-order valence-corrected chi connectivity index (χ3v) is 1.63. The molecule has 0 saturated heterocycles. The van der Waals surface area contributed by atoms with Crippen LogP contribution in [-0.4, -0.2) is 4.92 Å². The second-order valence-corrected chi connectivity index (χ2v) is 2.27. The molecule has 1 aromatic rings. The molecule has 6 nitrogen and oxygen atoms in total. The first-order valence-corrected chi connectivity index (χ1v) is 3.85. The minimum atomic E-state index is -0.441. The summed E-state index contributed by atoms with van der Waals surface area (Å²) in [6, 6.07) is 6.39. The highest BCUT2D eigenvalue weighted by Crippen LogP contribution is 2.23. The number of rotatable bonds is 2. The number of benzene rings is 1. The van der Waals surface area contributed by atoms with Gasteiger partial charge in [-0.05, 0) is 6.07 Å². The molecule has 0 aliphatic heterocycles. The molecular formula is C6H5BrN4O2. The van der Waals surface area contributed by atoms with Gasteiger partial charge in [0.15, 0.2) is 0 Å². The van der Waals surface area contributed by atoms with E-state index in [4.69, 9.17) is 10.8 Å². The van der Waals surface area contributed by atoms with Gasteiger partial charge in [-0.1, -0.05) is 12.1 Å². The summed E-state index contributed by atoms with van der Waals surface area (Å²) in [6.07, 6.45) is 0. The Morgan fingerprint density at radius 1 is 1.38 bits per heavy atom. The van der Waals surface area contributed by atoms with Crippen molar-refractivity contribution in [1.29, 1.82) is 10.8 Å². The number of hydrogen-bond donors (Lipinski definition) is 1. The van der Waals surface area contributed by atoms with Crippen LogP contribution in [0.5, 0.6) is 0 Å². The first-order valence-electron chi connectivity index (χ1n) is 3.06. The molecule has 13 heavy (non-hydrogen) atoms. The van der Waals surface area contributed by atoms with Crippen LogP contribution in [0.2, 0.25) is 0 Å². The molecule has 68 valence electrons. The molecule has 0 aliphatic rings. The average molecular weight is 245 g/mol. The summed E-state index contributed by atoms with van der Waals surface area (Å²) >= 11 is 2.92. The van der Waals surface area contributed by atoms with Crippen LogP contribution in [0.1, 0.15) is 0 Å². The van der Waals surface area contributed by atoms with E-state index in [9.17, 15) is 10.1 Å². The fraction of sp³-hybridized carbons (Fsp3) is 0. The SMILES string of the molecule is N#N.O=[N+]([O-])c1ccccc1NBr. The van der Waals surface area contributed by atoms with Crippen molar-refractivity contribution in [3.63, 3.8) is 0 Å². The summed E-state index contributed by atoms with van der Waals surface area (Å²) < 4.78 is 2.55. The number of nitro groups is 1. The normalized spacial score (nSPS) is 7.92. The summed E-state index contributed by atoms with van der Waals surface area (Å²) in [5, 5.41) is 22.3. The lowest BCUT2D eigenvalue weighted by Crippen LogP contribution is -1.91. The number of nitrogens with zero attached hydrogens (tertiary/aromatic N) is 3. The van der Waals surface area contributed by atoms with E-state index in [1.54, 1.807) is 18.2 Å². The number of anilines is 1. The standard InChI is InChI=1S/C6H5BrN2O2.N2/c7-8-5-3-1-2-4-6(5)9(10)11;1-2/h1-4,8H;. The van der Waals surface area contributed by atoms with Crippen molar-refractivity contribution >= 4 is 27.5 Å². The predicted octanol–water partition coefficient (Wildman–Crippen LogP) is 2.35. The third kappa shape index (κ3) is 3.04. The van der Waals surface area contributed by atoms with Gasteiger partial charge in [0, 0.05) is 33.0 Å². The zero-order chi connectivity index (χ0) is 10.3. The van der Waals surface area contributed by atoms with E-state index in [0.717, 1.165) is 0 Å². The topological polar surface area (TPSA) is 103 Å². The van der Waals surface area contributed by atoms with Gasteiger partial charge in [0.1, 0.15) is 5.69 Å². The molecule has 0 heterocycles. The number of halogens is 1. The zero-order valence-corrected chi connectivity index (χ0v) is 7.93. The third-order valence-electron chi connectivity index (χ3n) is 1.20. The fourth-order valence-corrected chi connectivity index (χ4v) is 1.05. The molecule has 0 spiro atoms. The highest BCUT2D eigenvalue weighted by molar-refractivity contribution is 9.10. The van der Waals surface area contributed by atoms with Gasteiger partial charge in [0.05, 0.1) is 4.92 Å². The molecular weight excluding hydrogens is 240 g/mol. The van der Waals surface area contributed by atoms with Crippen LogP contribution in [0.25, 0.3) is 0 Å². The van der Waals surface area contributed by atoms with Crippen LogP contribution in [0.3, 0.4) is 0 Å². The number of nitro benzene ring substituents is 1. The van der Waals surface area contributed by atoms with Gasteiger partial charge >= 0.3 is 0 Å². The quantitative estimate of drug-likeness (QED) is 0.372. The maximum atomic E-state index is 10.3. The Morgan fingerprint density at radius 2 is 1.92 bits per heavy atom. The van der Waals surface area contributed by atoms with Crippen molar-refractivity contribution in [1.82, 2.24) is 0 Å². The van der Waals surface area contributed by atoms with Crippen molar-refractivity contribution in [3.8, 4) is 0 Å². The molecule has 0 fully saturated rings. The molecule has 0 radical (unpaired) electrons. The average Bonchev–Trinajstić information content (AvgIpc) is 2.20. The Hall–Kier alpha value is -1.68. The molecule has 0 aromatic heterocycles. The van der Waals surface area contributed by atoms with Gasteiger partial charge in [-0.25, -0.2) is 0 Å². The van der Waals surface area contributed by atoms with E-state index in [2.05, 4.69) is 20.5 Å². The Balaban J connectivity index is 0.000000671. The molecule has 0 unspecified atom stereocenters. The van der Waals surface area contributed by atoms with Crippen molar-refractivity contribution in [2.45, 2.75) is 0 Å². The zero-order valence-electron chi connectivity index (χ0n) is 6.35. The lowest BCUT2D eigenvalue weighted by molar-refractivity contribution is -0.383. The molecule has 7 heteroatoms. The Labute approximate surface area is 82.5 Å². The van der Waals surface area contributed by atoms with Gasteiger partial charge < -0.3 is 4.34 Å². The van der Waals surface area contributed by atoms with Gasteiger partial charge in [0.2, 0.25) is 0 Å². The van der Waals surface area contributed by atoms with Crippen LogP contribution in [0.4, 0.5) is 11.4 Å².